The van der Waals surface area contributed by atoms with Gasteiger partial charge >= 0.3 is 5.97 Å². The molecule has 6 heteroatoms. The molecule has 2 rings (SSSR count). The highest BCUT2D eigenvalue weighted by Crippen LogP contribution is 2.47. The maximum atomic E-state index is 12.0. The van der Waals surface area contributed by atoms with Crippen LogP contribution >= 0.6 is 0 Å². The Hall–Kier alpha value is -0.620. The van der Waals surface area contributed by atoms with Gasteiger partial charge in [-0.2, -0.15) is 0 Å². The molecular formula is C9H14O5S. The Morgan fingerprint density at radius 3 is 2.40 bits per heavy atom. The molecule has 1 aliphatic carbocycles. The van der Waals surface area contributed by atoms with E-state index in [1.807, 2.05) is 0 Å². The fourth-order valence-corrected chi connectivity index (χ4v) is 3.84. The van der Waals surface area contributed by atoms with Crippen molar-refractivity contribution in [2.75, 3.05) is 19.8 Å². The largest absolute Gasteiger partial charge is 0.465 e. The van der Waals surface area contributed by atoms with E-state index < -0.39 is 25.8 Å². The predicted octanol–water partition coefficient (Wildman–Crippen LogP) is -0.104. The van der Waals surface area contributed by atoms with Crippen molar-refractivity contribution in [2.45, 2.75) is 29.8 Å². The summed E-state index contributed by atoms with van der Waals surface area (Å²) in [5.41, 5.74) is 0. The molecule has 2 aliphatic rings. The molecule has 1 saturated heterocycles. The first-order valence-electron chi connectivity index (χ1n) is 5.03. The number of ether oxygens (including phenoxy) is 2. The van der Waals surface area contributed by atoms with Crippen LogP contribution in [0.2, 0.25) is 0 Å². The highest BCUT2D eigenvalue weighted by Gasteiger charge is 2.64. The van der Waals surface area contributed by atoms with Crippen LogP contribution in [0.3, 0.4) is 0 Å². The van der Waals surface area contributed by atoms with Crippen LogP contribution in [0.4, 0.5) is 0 Å². The van der Waals surface area contributed by atoms with Crippen LogP contribution in [0.15, 0.2) is 0 Å². The molecule has 1 aliphatic heterocycles. The van der Waals surface area contributed by atoms with Crippen molar-refractivity contribution in [3.63, 3.8) is 0 Å². The van der Waals surface area contributed by atoms with Gasteiger partial charge in [0.1, 0.15) is 5.25 Å². The minimum atomic E-state index is -3.41. The fourth-order valence-electron chi connectivity index (χ4n) is 1.69. The van der Waals surface area contributed by atoms with Gasteiger partial charge in [-0.1, -0.05) is 0 Å². The van der Waals surface area contributed by atoms with E-state index in [2.05, 4.69) is 0 Å². The van der Waals surface area contributed by atoms with E-state index in [9.17, 15) is 13.2 Å². The average molecular weight is 234 g/mol. The third-order valence-electron chi connectivity index (χ3n) is 2.94. The quantitative estimate of drug-likeness (QED) is 0.635. The number of hydrogen-bond acceptors (Lipinski definition) is 5. The molecule has 0 atom stereocenters. The monoisotopic (exact) mass is 234 g/mol. The van der Waals surface area contributed by atoms with Gasteiger partial charge in [0.05, 0.1) is 19.8 Å². The third-order valence-corrected chi connectivity index (χ3v) is 5.76. The van der Waals surface area contributed by atoms with Crippen molar-refractivity contribution in [2.24, 2.45) is 0 Å². The van der Waals surface area contributed by atoms with Gasteiger partial charge < -0.3 is 9.47 Å². The van der Waals surface area contributed by atoms with Crippen LogP contribution < -0.4 is 0 Å². The molecule has 2 fully saturated rings. The SMILES string of the molecule is CCOC(=O)C1(S(=O)(=O)C2COC2)CC1. The Labute approximate surface area is 88.7 Å². The van der Waals surface area contributed by atoms with E-state index in [0.29, 0.717) is 12.8 Å². The number of sulfone groups is 1. The Bertz CT molecular complexity index is 364. The summed E-state index contributed by atoms with van der Waals surface area (Å²) in [6, 6.07) is 0. The van der Waals surface area contributed by atoms with Crippen molar-refractivity contribution < 1.29 is 22.7 Å². The molecule has 0 radical (unpaired) electrons. The summed E-state index contributed by atoms with van der Waals surface area (Å²) < 4.78 is 32.5. The zero-order chi connectivity index (χ0) is 11.1. The van der Waals surface area contributed by atoms with Gasteiger partial charge in [-0.3, -0.25) is 4.79 Å². The van der Waals surface area contributed by atoms with Crippen LogP contribution in [0.25, 0.3) is 0 Å². The average Bonchev–Trinajstić information content (AvgIpc) is 2.79. The molecule has 0 amide bonds. The standard InChI is InChI=1S/C9H14O5S/c1-2-14-8(10)9(3-4-9)15(11,12)7-5-13-6-7/h7H,2-6H2,1H3. The number of rotatable bonds is 4. The first-order chi connectivity index (χ1) is 7.04. The number of hydrogen-bond donors (Lipinski definition) is 0. The molecular weight excluding hydrogens is 220 g/mol. The van der Waals surface area contributed by atoms with E-state index in [0.717, 1.165) is 0 Å². The fraction of sp³-hybridized carbons (Fsp3) is 0.889. The molecule has 0 bridgehead atoms. The third kappa shape index (κ3) is 1.47. The Morgan fingerprint density at radius 2 is 2.07 bits per heavy atom. The summed E-state index contributed by atoms with van der Waals surface area (Å²) in [6.45, 7) is 2.32. The van der Waals surface area contributed by atoms with Crippen LogP contribution in [-0.2, 0) is 24.1 Å². The lowest BCUT2D eigenvalue weighted by molar-refractivity contribution is -0.143. The summed E-state index contributed by atoms with van der Waals surface area (Å²) in [5, 5.41) is -0.510. The lowest BCUT2D eigenvalue weighted by Gasteiger charge is -2.29. The molecule has 0 spiro atoms. The first-order valence-corrected chi connectivity index (χ1v) is 6.57. The lowest BCUT2D eigenvalue weighted by atomic mass is 10.4. The van der Waals surface area contributed by atoms with Gasteiger partial charge in [0.15, 0.2) is 14.6 Å². The second kappa shape index (κ2) is 3.45. The van der Waals surface area contributed by atoms with Crippen molar-refractivity contribution in [3.8, 4) is 0 Å². The van der Waals surface area contributed by atoms with Crippen molar-refractivity contribution in [3.05, 3.63) is 0 Å². The normalized spacial score (nSPS) is 24.3. The Morgan fingerprint density at radius 1 is 1.47 bits per heavy atom. The predicted molar refractivity (Wildman–Crippen MR) is 52.1 cm³/mol. The zero-order valence-corrected chi connectivity index (χ0v) is 9.38. The highest BCUT2D eigenvalue weighted by atomic mass is 32.2. The summed E-state index contributed by atoms with van der Waals surface area (Å²) in [4.78, 5) is 11.6. The molecule has 1 heterocycles. The van der Waals surface area contributed by atoms with Crippen molar-refractivity contribution >= 4 is 15.8 Å². The van der Waals surface area contributed by atoms with Gasteiger partial charge in [0.25, 0.3) is 0 Å². The first kappa shape index (κ1) is 10.9. The highest BCUT2D eigenvalue weighted by molar-refractivity contribution is 7.94. The van der Waals surface area contributed by atoms with Crippen LogP contribution in [0.5, 0.6) is 0 Å². The molecule has 0 unspecified atom stereocenters. The topological polar surface area (TPSA) is 69.7 Å². The molecule has 86 valence electrons. The lowest BCUT2D eigenvalue weighted by Crippen LogP contribution is -2.49. The van der Waals surface area contributed by atoms with E-state index in [-0.39, 0.29) is 19.8 Å². The molecule has 0 aromatic carbocycles. The maximum absolute atomic E-state index is 12.0. The maximum Gasteiger partial charge on any atom is 0.327 e. The molecule has 1 saturated carbocycles. The van der Waals surface area contributed by atoms with Gasteiger partial charge in [-0.05, 0) is 19.8 Å². The summed E-state index contributed by atoms with van der Waals surface area (Å²) in [5.74, 6) is -0.586. The van der Waals surface area contributed by atoms with Gasteiger partial charge in [-0.15, -0.1) is 0 Å². The van der Waals surface area contributed by atoms with Crippen LogP contribution in [0.1, 0.15) is 19.8 Å². The number of carbonyl (C=O) groups excluding carboxylic acids is 1. The zero-order valence-electron chi connectivity index (χ0n) is 8.56. The van der Waals surface area contributed by atoms with E-state index >= 15 is 0 Å². The molecule has 0 N–H and O–H groups in total. The molecule has 5 nitrogen and oxygen atoms in total. The number of carbonyl (C=O) groups is 1. The van der Waals surface area contributed by atoms with Crippen molar-refractivity contribution in [1.82, 2.24) is 0 Å². The Balaban J connectivity index is 2.18. The second-order valence-corrected chi connectivity index (χ2v) is 6.46. The summed E-state index contributed by atoms with van der Waals surface area (Å²) in [6.07, 6.45) is 0.787. The van der Waals surface area contributed by atoms with E-state index in [1.54, 1.807) is 6.92 Å². The second-order valence-electron chi connectivity index (χ2n) is 3.92. The van der Waals surface area contributed by atoms with Gasteiger partial charge in [0, 0.05) is 0 Å². The van der Waals surface area contributed by atoms with Crippen LogP contribution in [0, 0.1) is 0 Å². The minimum absolute atomic E-state index is 0.212. The smallest absolute Gasteiger partial charge is 0.327 e. The summed E-state index contributed by atoms with van der Waals surface area (Å²) >= 11 is 0. The van der Waals surface area contributed by atoms with Gasteiger partial charge in [-0.25, -0.2) is 8.42 Å². The van der Waals surface area contributed by atoms with Gasteiger partial charge in [0.2, 0.25) is 0 Å². The van der Waals surface area contributed by atoms with E-state index in [4.69, 9.17) is 9.47 Å². The van der Waals surface area contributed by atoms with Crippen LogP contribution in [-0.4, -0.2) is 44.2 Å². The molecule has 0 aromatic rings. The Kier molecular flexibility index (Phi) is 2.50. The minimum Gasteiger partial charge on any atom is -0.465 e. The van der Waals surface area contributed by atoms with E-state index in [1.165, 1.54) is 0 Å². The molecule has 0 aromatic heterocycles. The summed E-state index contributed by atoms with van der Waals surface area (Å²) in [7, 11) is -3.41. The molecule has 15 heavy (non-hydrogen) atoms. The number of esters is 1. The van der Waals surface area contributed by atoms with Crippen molar-refractivity contribution in [1.29, 1.82) is 0 Å².